The zero-order chi connectivity index (χ0) is 27.4. The largest absolute Gasteiger partial charge is 0.311 e. The highest BCUT2D eigenvalue weighted by Crippen LogP contribution is 2.35. The van der Waals surface area contributed by atoms with Crippen LogP contribution in [0.1, 0.15) is 34.2 Å². The van der Waals surface area contributed by atoms with E-state index < -0.39 is 0 Å². The van der Waals surface area contributed by atoms with Crippen molar-refractivity contribution in [2.45, 2.75) is 19.8 Å². The monoisotopic (exact) mass is 517 g/mol. The Labute approximate surface area is 239 Å². The molecular formula is C39H35N. The molecule has 0 amide bonds. The normalized spacial score (nSPS) is 11.5. The van der Waals surface area contributed by atoms with Crippen LogP contribution in [-0.2, 0) is 6.42 Å². The quantitative estimate of drug-likeness (QED) is 0.167. The molecule has 0 radical (unpaired) electrons. The van der Waals surface area contributed by atoms with Crippen molar-refractivity contribution in [3.8, 4) is 0 Å². The first-order valence-electron chi connectivity index (χ1n) is 13.9. The van der Waals surface area contributed by atoms with Gasteiger partial charge in [0.2, 0.25) is 0 Å². The van der Waals surface area contributed by atoms with Gasteiger partial charge in [0, 0.05) is 17.1 Å². The van der Waals surface area contributed by atoms with Crippen molar-refractivity contribution in [3.63, 3.8) is 0 Å². The summed E-state index contributed by atoms with van der Waals surface area (Å²) in [6.07, 6.45) is 15.0. The fourth-order valence-corrected chi connectivity index (χ4v) is 4.62. The second-order valence-corrected chi connectivity index (χ2v) is 9.91. The highest BCUT2D eigenvalue weighted by molar-refractivity contribution is 5.77. The van der Waals surface area contributed by atoms with Crippen LogP contribution in [0.5, 0.6) is 0 Å². The van der Waals surface area contributed by atoms with Gasteiger partial charge in [-0.3, -0.25) is 0 Å². The molecule has 0 aromatic heterocycles. The van der Waals surface area contributed by atoms with Crippen LogP contribution in [0.15, 0.2) is 152 Å². The lowest BCUT2D eigenvalue weighted by Crippen LogP contribution is -2.09. The number of rotatable bonds is 10. The first-order chi connectivity index (χ1) is 19.7. The summed E-state index contributed by atoms with van der Waals surface area (Å²) in [4.78, 5) is 2.31. The van der Waals surface area contributed by atoms with Gasteiger partial charge in [0.05, 0.1) is 0 Å². The highest BCUT2D eigenvalue weighted by atomic mass is 15.1. The molecule has 0 heterocycles. The van der Waals surface area contributed by atoms with Gasteiger partial charge in [0.15, 0.2) is 0 Å². The molecule has 5 aromatic rings. The second kappa shape index (κ2) is 13.8. The number of anilines is 3. The van der Waals surface area contributed by atoms with Crippen molar-refractivity contribution in [1.29, 1.82) is 0 Å². The molecule has 0 bridgehead atoms. The molecule has 0 atom stereocenters. The van der Waals surface area contributed by atoms with Crippen LogP contribution in [0.4, 0.5) is 17.1 Å². The zero-order valence-corrected chi connectivity index (χ0v) is 23.0. The summed E-state index contributed by atoms with van der Waals surface area (Å²) < 4.78 is 0. The summed E-state index contributed by atoms with van der Waals surface area (Å²) in [5, 5.41) is 0. The molecule has 0 aliphatic heterocycles. The van der Waals surface area contributed by atoms with Crippen molar-refractivity contribution in [1.82, 2.24) is 0 Å². The number of nitrogens with zero attached hydrogens (tertiary/aromatic N) is 1. The van der Waals surface area contributed by atoms with Crippen molar-refractivity contribution >= 4 is 35.3 Å². The van der Waals surface area contributed by atoms with E-state index in [0.29, 0.717) is 0 Å². The third-order valence-corrected chi connectivity index (χ3v) is 6.84. The predicted molar refractivity (Wildman–Crippen MR) is 174 cm³/mol. The Balaban J connectivity index is 1.30. The molecule has 5 rings (SSSR count). The molecule has 0 unspecified atom stereocenters. The first-order valence-corrected chi connectivity index (χ1v) is 13.9. The Bertz CT molecular complexity index is 1540. The minimum Gasteiger partial charge on any atom is -0.311 e. The lowest BCUT2D eigenvalue weighted by atomic mass is 10.1. The number of aryl methyl sites for hydroxylation is 2. The third-order valence-electron chi connectivity index (χ3n) is 6.84. The van der Waals surface area contributed by atoms with E-state index >= 15 is 0 Å². The van der Waals surface area contributed by atoms with Crippen LogP contribution in [0, 0.1) is 6.92 Å². The Morgan fingerprint density at radius 1 is 0.475 bits per heavy atom. The van der Waals surface area contributed by atoms with Gasteiger partial charge in [0.25, 0.3) is 0 Å². The van der Waals surface area contributed by atoms with Crippen molar-refractivity contribution in [2.75, 3.05) is 4.90 Å². The maximum atomic E-state index is 2.31. The molecule has 1 nitrogen and oxygen atoms in total. The maximum absolute atomic E-state index is 2.31. The SMILES string of the molecule is Cc1ccc(N(c2ccc(/C=C/C=C/c3ccccc3)cc2)c2ccc(/C=C/CCc3ccccc3)cc2)cc1. The lowest BCUT2D eigenvalue weighted by Gasteiger charge is -2.26. The van der Waals surface area contributed by atoms with Gasteiger partial charge >= 0.3 is 0 Å². The summed E-state index contributed by atoms with van der Waals surface area (Å²) in [5.41, 5.74) is 9.62. The van der Waals surface area contributed by atoms with Gasteiger partial charge in [-0.15, -0.1) is 0 Å². The standard InChI is InChI=1S/C39H35N/c1-32-20-26-37(27-21-32)40(38-28-22-35(23-29-38)18-10-8-16-33-12-4-2-5-13-33)39-30-24-36(25-31-39)19-11-9-17-34-14-6-3-7-15-34/h2-8,10-16,18-31H,9,17H2,1H3/b16-8+,18-10+,19-11+. The highest BCUT2D eigenvalue weighted by Gasteiger charge is 2.12. The van der Waals surface area contributed by atoms with Gasteiger partial charge in [-0.05, 0) is 78.4 Å². The molecule has 1 heteroatoms. The van der Waals surface area contributed by atoms with Crippen LogP contribution >= 0.6 is 0 Å². The van der Waals surface area contributed by atoms with E-state index in [-0.39, 0.29) is 0 Å². The van der Waals surface area contributed by atoms with Crippen LogP contribution in [0.3, 0.4) is 0 Å². The van der Waals surface area contributed by atoms with Crippen LogP contribution in [0.2, 0.25) is 0 Å². The molecule has 0 aliphatic rings. The van der Waals surface area contributed by atoms with Gasteiger partial charge in [-0.2, -0.15) is 0 Å². The number of allylic oxidation sites excluding steroid dienone is 3. The first kappa shape index (κ1) is 26.7. The van der Waals surface area contributed by atoms with E-state index in [1.54, 1.807) is 0 Å². The van der Waals surface area contributed by atoms with E-state index in [0.717, 1.165) is 29.9 Å². The second-order valence-electron chi connectivity index (χ2n) is 9.91. The lowest BCUT2D eigenvalue weighted by molar-refractivity contribution is 1.01. The Morgan fingerprint density at radius 2 is 0.925 bits per heavy atom. The minimum absolute atomic E-state index is 1.03. The van der Waals surface area contributed by atoms with Crippen LogP contribution in [-0.4, -0.2) is 0 Å². The molecule has 0 saturated carbocycles. The predicted octanol–water partition coefficient (Wildman–Crippen LogP) is 10.8. The van der Waals surface area contributed by atoms with Crippen molar-refractivity contribution < 1.29 is 0 Å². The van der Waals surface area contributed by atoms with Gasteiger partial charge < -0.3 is 4.90 Å². The van der Waals surface area contributed by atoms with Crippen LogP contribution in [0.25, 0.3) is 18.2 Å². The number of hydrogen-bond donors (Lipinski definition) is 0. The van der Waals surface area contributed by atoms with E-state index in [9.17, 15) is 0 Å². The smallest absolute Gasteiger partial charge is 0.0462 e. The fraction of sp³-hybridized carbons (Fsp3) is 0.0769. The average Bonchev–Trinajstić information content (AvgIpc) is 3.01. The van der Waals surface area contributed by atoms with Crippen molar-refractivity contribution in [2.24, 2.45) is 0 Å². The van der Waals surface area contributed by atoms with Crippen LogP contribution < -0.4 is 4.90 Å². The average molecular weight is 518 g/mol. The molecular weight excluding hydrogens is 482 g/mol. The Morgan fingerprint density at radius 3 is 1.48 bits per heavy atom. The summed E-state index contributed by atoms with van der Waals surface area (Å²) in [6, 6.07) is 47.3. The van der Waals surface area contributed by atoms with Gasteiger partial charge in [-0.1, -0.05) is 139 Å². The molecule has 0 fully saturated rings. The molecule has 0 spiro atoms. The summed E-state index contributed by atoms with van der Waals surface area (Å²) in [5.74, 6) is 0. The summed E-state index contributed by atoms with van der Waals surface area (Å²) in [7, 11) is 0. The van der Waals surface area contributed by atoms with E-state index in [4.69, 9.17) is 0 Å². The Hall–Kier alpha value is -4.88. The van der Waals surface area contributed by atoms with E-state index in [2.05, 4.69) is 176 Å². The summed E-state index contributed by atoms with van der Waals surface area (Å²) >= 11 is 0. The molecule has 5 aromatic carbocycles. The number of hydrogen-bond acceptors (Lipinski definition) is 1. The van der Waals surface area contributed by atoms with E-state index in [1.807, 2.05) is 6.07 Å². The minimum atomic E-state index is 1.03. The molecule has 0 saturated heterocycles. The zero-order valence-electron chi connectivity index (χ0n) is 23.0. The fourth-order valence-electron chi connectivity index (χ4n) is 4.62. The molecule has 0 N–H and O–H groups in total. The number of benzene rings is 5. The van der Waals surface area contributed by atoms with Gasteiger partial charge in [0.1, 0.15) is 0 Å². The van der Waals surface area contributed by atoms with E-state index in [1.165, 1.54) is 27.8 Å². The van der Waals surface area contributed by atoms with Crippen molar-refractivity contribution in [3.05, 3.63) is 180 Å². The molecule has 40 heavy (non-hydrogen) atoms. The maximum Gasteiger partial charge on any atom is 0.0462 e. The molecule has 0 aliphatic carbocycles. The summed E-state index contributed by atoms with van der Waals surface area (Å²) in [6.45, 7) is 2.13. The molecule has 196 valence electrons. The Kier molecular flexibility index (Phi) is 9.20. The van der Waals surface area contributed by atoms with Gasteiger partial charge in [-0.25, -0.2) is 0 Å². The topological polar surface area (TPSA) is 3.24 Å². The third kappa shape index (κ3) is 7.58.